The van der Waals surface area contributed by atoms with Crippen LogP contribution in [0.5, 0.6) is 28.7 Å². The SMILES string of the molecule is Cc1ccc2c(c1)-c1cc(O)ccc1C2(c1cccc(F)c1)c1cccc(F)c1.Cc1cccc(C2(c3cccc(C)c3)c3ccc(O)cc3-c3cc(O)ccc32)c1.Oc1ccc2c(c1)-c1cc(O)ccc1C2(c1ccccc1)c1ccccc1. The Morgan fingerprint density at radius 2 is 0.471 bits per heavy atom. The second-order valence-corrected chi connectivity index (χ2v) is 22.4. The number of aryl methyl sites for hydroxylation is 3. The zero-order valence-corrected chi connectivity index (χ0v) is 46.9. The van der Waals surface area contributed by atoms with E-state index >= 15 is 0 Å². The Morgan fingerprint density at radius 1 is 0.224 bits per heavy atom. The topological polar surface area (TPSA) is 101 Å². The molecule has 0 bridgehead atoms. The summed E-state index contributed by atoms with van der Waals surface area (Å²) in [6.07, 6.45) is 0. The van der Waals surface area contributed by atoms with Crippen LogP contribution in [0.25, 0.3) is 33.4 Å². The molecule has 12 aromatic rings. The van der Waals surface area contributed by atoms with Crippen molar-refractivity contribution in [2.45, 2.75) is 37.0 Å². The molecule has 5 N–H and O–H groups in total. The lowest BCUT2D eigenvalue weighted by atomic mass is 9.67. The summed E-state index contributed by atoms with van der Waals surface area (Å²) in [4.78, 5) is 0. The molecule has 0 spiro atoms. The van der Waals surface area contributed by atoms with E-state index in [-0.39, 0.29) is 40.4 Å². The molecule has 0 unspecified atom stereocenters. The smallest absolute Gasteiger partial charge is 0.123 e. The third kappa shape index (κ3) is 8.73. The van der Waals surface area contributed by atoms with Gasteiger partial charge in [-0.2, -0.15) is 0 Å². The first-order valence-electron chi connectivity index (χ1n) is 28.3. The van der Waals surface area contributed by atoms with E-state index in [2.05, 4.69) is 117 Å². The van der Waals surface area contributed by atoms with Gasteiger partial charge in [-0.1, -0.05) is 199 Å². The Bertz CT molecular complexity index is 4080. The molecule has 3 aliphatic carbocycles. The van der Waals surface area contributed by atoms with Crippen molar-refractivity contribution in [2.75, 3.05) is 0 Å². The third-order valence-corrected chi connectivity index (χ3v) is 17.3. The monoisotopic (exact) mass is 1110 g/mol. The van der Waals surface area contributed by atoms with E-state index in [1.807, 2.05) is 73.7 Å². The van der Waals surface area contributed by atoms with Gasteiger partial charge < -0.3 is 25.5 Å². The van der Waals surface area contributed by atoms with Crippen molar-refractivity contribution >= 4 is 0 Å². The zero-order chi connectivity index (χ0) is 58.8. The van der Waals surface area contributed by atoms with Crippen molar-refractivity contribution < 1.29 is 34.3 Å². The fourth-order valence-corrected chi connectivity index (χ4v) is 14.0. The molecule has 3 aliphatic rings. The van der Waals surface area contributed by atoms with Gasteiger partial charge in [0.1, 0.15) is 40.4 Å². The first-order valence-corrected chi connectivity index (χ1v) is 28.3. The highest BCUT2D eigenvalue weighted by molar-refractivity contribution is 5.90. The second-order valence-electron chi connectivity index (χ2n) is 22.4. The second kappa shape index (κ2) is 21.0. The van der Waals surface area contributed by atoms with Gasteiger partial charge in [-0.25, -0.2) is 8.78 Å². The highest BCUT2D eigenvalue weighted by Gasteiger charge is 2.49. The lowest BCUT2D eigenvalue weighted by molar-refractivity contribution is 0.474. The van der Waals surface area contributed by atoms with E-state index in [9.17, 15) is 34.3 Å². The Kier molecular flexibility index (Phi) is 13.3. The number of hydrogen-bond donors (Lipinski definition) is 5. The van der Waals surface area contributed by atoms with Crippen LogP contribution in [-0.4, -0.2) is 25.5 Å². The standard InChI is InChI=1S/C27H22O2.C26H18F2O.C25H18O2/c1-17-5-3-7-19(13-17)27(20-8-4-6-18(2)14-20)25-11-9-21(28)15-23(25)24-16-22(29)10-12-26(24)27;1-16-8-10-24-22(12-16)23-15-21(29)9-11-25(23)26(24,17-4-2-6-19(27)13-17)18-5-3-7-20(28)14-18;26-19-11-13-23-21(15-19)22-16-20(27)12-14-24(22)25(23,17-7-3-1-4-8-17)18-9-5-2-6-10-18/h3-16,28-29H,1-2H3;2-15,29H,1H3;1-16,26-27H. The van der Waals surface area contributed by atoms with Crippen molar-refractivity contribution in [1.29, 1.82) is 0 Å². The van der Waals surface area contributed by atoms with E-state index in [0.29, 0.717) is 0 Å². The summed E-state index contributed by atoms with van der Waals surface area (Å²) in [6.45, 7) is 6.23. The van der Waals surface area contributed by atoms with E-state index < -0.39 is 16.2 Å². The van der Waals surface area contributed by atoms with E-state index in [4.69, 9.17) is 0 Å². The average molecular weight is 1110 g/mol. The Morgan fingerprint density at radius 3 is 0.776 bits per heavy atom. The van der Waals surface area contributed by atoms with E-state index in [0.717, 1.165) is 94.6 Å². The third-order valence-electron chi connectivity index (χ3n) is 17.3. The first-order chi connectivity index (χ1) is 41.2. The van der Waals surface area contributed by atoms with Crippen LogP contribution in [0.4, 0.5) is 8.78 Å². The van der Waals surface area contributed by atoms with E-state index in [1.54, 1.807) is 72.8 Å². The lowest BCUT2D eigenvalue weighted by Crippen LogP contribution is -2.28. The van der Waals surface area contributed by atoms with Crippen molar-refractivity contribution in [1.82, 2.24) is 0 Å². The number of phenolic OH excluding ortho intramolecular Hbond substituents is 5. The molecule has 15 rings (SSSR count). The van der Waals surface area contributed by atoms with Crippen LogP contribution in [0, 0.1) is 32.4 Å². The van der Waals surface area contributed by atoms with Gasteiger partial charge in [0.25, 0.3) is 0 Å². The van der Waals surface area contributed by atoms with Gasteiger partial charge in [-0.3, -0.25) is 0 Å². The molecule has 0 heterocycles. The predicted molar refractivity (Wildman–Crippen MR) is 334 cm³/mol. The Balaban J connectivity index is 0.000000119. The van der Waals surface area contributed by atoms with Crippen LogP contribution in [-0.2, 0) is 16.2 Å². The molecule has 0 saturated heterocycles. The number of rotatable bonds is 6. The van der Waals surface area contributed by atoms with Crippen LogP contribution in [0.3, 0.4) is 0 Å². The van der Waals surface area contributed by atoms with Crippen molar-refractivity contribution in [3.05, 3.63) is 362 Å². The summed E-state index contributed by atoms with van der Waals surface area (Å²) in [5.41, 5.74) is 19.7. The van der Waals surface area contributed by atoms with E-state index in [1.165, 1.54) is 46.5 Å². The molecule has 7 heteroatoms. The molecule has 85 heavy (non-hydrogen) atoms. The highest BCUT2D eigenvalue weighted by atomic mass is 19.1. The van der Waals surface area contributed by atoms with Crippen molar-refractivity contribution in [2.24, 2.45) is 0 Å². The number of halogens is 2. The summed E-state index contributed by atoms with van der Waals surface area (Å²) < 4.78 is 28.7. The number of fused-ring (bicyclic) bond motifs is 9. The lowest BCUT2D eigenvalue weighted by Gasteiger charge is -2.34. The van der Waals surface area contributed by atoms with Gasteiger partial charge in [-0.05, 0) is 206 Å². The quantitative estimate of drug-likeness (QED) is 0.114. The number of hydrogen-bond acceptors (Lipinski definition) is 5. The molecule has 0 aliphatic heterocycles. The Hall–Kier alpha value is -10.5. The molecule has 0 aromatic heterocycles. The maximum atomic E-state index is 14.4. The summed E-state index contributed by atoms with van der Waals surface area (Å²) in [7, 11) is 0. The average Bonchev–Trinajstić information content (AvgIpc) is 1.73. The number of benzene rings is 12. The molecule has 0 atom stereocenters. The number of aromatic hydroxyl groups is 5. The molecule has 0 amide bonds. The van der Waals surface area contributed by atoms with Crippen LogP contribution in [0.2, 0.25) is 0 Å². The predicted octanol–water partition coefficient (Wildman–Crippen LogP) is 17.9. The molecule has 0 fully saturated rings. The fourth-order valence-electron chi connectivity index (χ4n) is 14.0. The van der Waals surface area contributed by atoms with Crippen molar-refractivity contribution in [3.8, 4) is 62.1 Å². The molecule has 5 nitrogen and oxygen atoms in total. The number of phenols is 5. The normalized spacial score (nSPS) is 13.8. The minimum absolute atomic E-state index is 0.158. The molecule has 12 aromatic carbocycles. The minimum Gasteiger partial charge on any atom is -0.508 e. The molecule has 0 radical (unpaired) electrons. The zero-order valence-electron chi connectivity index (χ0n) is 46.9. The maximum Gasteiger partial charge on any atom is 0.123 e. The molecule has 414 valence electrons. The van der Waals surface area contributed by atoms with Crippen LogP contribution in [0.1, 0.15) is 83.5 Å². The molecular weight excluding hydrogens is 1050 g/mol. The van der Waals surface area contributed by atoms with Gasteiger partial charge in [0.2, 0.25) is 0 Å². The summed E-state index contributed by atoms with van der Waals surface area (Å²) >= 11 is 0. The van der Waals surface area contributed by atoms with Crippen LogP contribution < -0.4 is 0 Å². The summed E-state index contributed by atoms with van der Waals surface area (Å²) in [6, 6.07) is 84.6. The Labute approximate surface area is 493 Å². The van der Waals surface area contributed by atoms with Gasteiger partial charge >= 0.3 is 0 Å². The summed E-state index contributed by atoms with van der Waals surface area (Å²) in [5.74, 6) is 0.355. The van der Waals surface area contributed by atoms with Crippen LogP contribution >= 0.6 is 0 Å². The largest absolute Gasteiger partial charge is 0.508 e. The van der Waals surface area contributed by atoms with Gasteiger partial charge in [0.15, 0.2) is 0 Å². The fraction of sp³-hybridized carbons (Fsp3) is 0.0769. The summed E-state index contributed by atoms with van der Waals surface area (Å²) in [5, 5.41) is 50.9. The van der Waals surface area contributed by atoms with Gasteiger partial charge in [0, 0.05) is 0 Å². The van der Waals surface area contributed by atoms with Crippen LogP contribution in [0.15, 0.2) is 267 Å². The molecule has 0 saturated carbocycles. The highest BCUT2D eigenvalue weighted by Crippen LogP contribution is 2.60. The molecular formula is C78H58F2O5. The van der Waals surface area contributed by atoms with Gasteiger partial charge in [0.05, 0.1) is 16.2 Å². The van der Waals surface area contributed by atoms with Gasteiger partial charge in [-0.15, -0.1) is 0 Å². The van der Waals surface area contributed by atoms with Crippen molar-refractivity contribution in [3.63, 3.8) is 0 Å². The minimum atomic E-state index is -0.879. The first kappa shape index (κ1) is 53.8. The maximum absolute atomic E-state index is 14.4.